The van der Waals surface area contributed by atoms with Crippen LogP contribution in [0.1, 0.15) is 40.7 Å². The standard InChI is InChI=1S/C25H25N3O4/c1-15-20(16(2)28-25(26-15)21-7-5-6-8-22(21)27-28)13-14-23(29)32-17(3)24(30)18-9-11-19(31-4)12-10-18/h5-12,17H,13-14H2,1-4H3. The molecule has 2 heterocycles. The van der Waals surface area contributed by atoms with Crippen molar-refractivity contribution in [1.29, 1.82) is 0 Å². The molecule has 0 aliphatic heterocycles. The van der Waals surface area contributed by atoms with Gasteiger partial charge in [-0.05, 0) is 69.2 Å². The van der Waals surface area contributed by atoms with E-state index in [9.17, 15) is 9.59 Å². The lowest BCUT2D eigenvalue weighted by atomic mass is 10.1. The molecule has 0 aliphatic rings. The molecule has 0 N–H and O–H groups in total. The first kappa shape index (κ1) is 21.5. The number of esters is 1. The van der Waals surface area contributed by atoms with E-state index in [0.717, 1.165) is 33.5 Å². The lowest BCUT2D eigenvalue weighted by molar-refractivity contribution is -0.146. The minimum absolute atomic E-state index is 0.149. The fourth-order valence-corrected chi connectivity index (χ4v) is 3.86. The monoisotopic (exact) mass is 431 g/mol. The summed E-state index contributed by atoms with van der Waals surface area (Å²) in [6.07, 6.45) is -0.260. The molecule has 0 radical (unpaired) electrons. The number of Topliss-reactive ketones (excluding diaryl/α,β-unsaturated/α-hetero) is 1. The Morgan fingerprint density at radius 1 is 1.06 bits per heavy atom. The zero-order valence-electron chi connectivity index (χ0n) is 18.6. The second kappa shape index (κ2) is 8.78. The second-order valence-corrected chi connectivity index (χ2v) is 7.74. The molecule has 0 spiro atoms. The summed E-state index contributed by atoms with van der Waals surface area (Å²) in [6.45, 7) is 5.50. The van der Waals surface area contributed by atoms with Gasteiger partial charge in [-0.3, -0.25) is 9.59 Å². The van der Waals surface area contributed by atoms with Crippen LogP contribution in [0.4, 0.5) is 0 Å². The summed E-state index contributed by atoms with van der Waals surface area (Å²) in [4.78, 5) is 29.7. The molecular weight excluding hydrogens is 406 g/mol. The van der Waals surface area contributed by atoms with Gasteiger partial charge in [0.25, 0.3) is 0 Å². The summed E-state index contributed by atoms with van der Waals surface area (Å²) in [5.41, 5.74) is 4.91. The number of methoxy groups -OCH3 is 1. The van der Waals surface area contributed by atoms with E-state index in [4.69, 9.17) is 14.5 Å². The Morgan fingerprint density at radius 2 is 1.78 bits per heavy atom. The summed E-state index contributed by atoms with van der Waals surface area (Å²) < 4.78 is 12.3. The SMILES string of the molecule is COc1ccc(C(=O)C(C)OC(=O)CCc2c(C)nc3c4ccccc4nn3c2C)cc1. The Hall–Kier alpha value is -3.74. The van der Waals surface area contributed by atoms with E-state index < -0.39 is 12.1 Å². The van der Waals surface area contributed by atoms with Gasteiger partial charge in [-0.15, -0.1) is 0 Å². The first-order valence-corrected chi connectivity index (χ1v) is 10.5. The molecule has 1 unspecified atom stereocenters. The van der Waals surface area contributed by atoms with Crippen molar-refractivity contribution >= 4 is 28.3 Å². The molecule has 0 bridgehead atoms. The highest BCUT2D eigenvalue weighted by Gasteiger charge is 2.21. The Morgan fingerprint density at radius 3 is 2.50 bits per heavy atom. The van der Waals surface area contributed by atoms with Crippen LogP contribution < -0.4 is 4.74 Å². The number of aryl methyl sites for hydroxylation is 2. The maximum absolute atomic E-state index is 12.6. The molecular formula is C25H25N3O4. The van der Waals surface area contributed by atoms with Crippen LogP contribution in [0.15, 0.2) is 48.5 Å². The molecule has 2 aromatic heterocycles. The minimum Gasteiger partial charge on any atom is -0.497 e. The van der Waals surface area contributed by atoms with Gasteiger partial charge < -0.3 is 9.47 Å². The third kappa shape index (κ3) is 4.06. The Labute approximate surface area is 186 Å². The van der Waals surface area contributed by atoms with Crippen LogP contribution in [0, 0.1) is 13.8 Å². The Kier molecular flexibility index (Phi) is 5.90. The quantitative estimate of drug-likeness (QED) is 0.321. The number of benzene rings is 2. The average Bonchev–Trinajstić information content (AvgIpc) is 3.17. The number of fused-ring (bicyclic) bond motifs is 3. The fourth-order valence-electron chi connectivity index (χ4n) is 3.86. The smallest absolute Gasteiger partial charge is 0.306 e. The molecule has 0 aliphatic carbocycles. The van der Waals surface area contributed by atoms with Gasteiger partial charge in [0, 0.05) is 28.8 Å². The first-order chi connectivity index (χ1) is 15.4. The predicted octanol–water partition coefficient (Wildman–Crippen LogP) is 4.26. The first-order valence-electron chi connectivity index (χ1n) is 10.5. The van der Waals surface area contributed by atoms with Crippen LogP contribution in [-0.2, 0) is 16.0 Å². The van der Waals surface area contributed by atoms with Crippen LogP contribution in [0.3, 0.4) is 0 Å². The zero-order chi connectivity index (χ0) is 22.8. The molecule has 4 rings (SSSR count). The predicted molar refractivity (Wildman–Crippen MR) is 121 cm³/mol. The normalized spacial score (nSPS) is 12.1. The number of rotatable bonds is 7. The van der Waals surface area contributed by atoms with Crippen molar-refractivity contribution in [3.8, 4) is 5.75 Å². The summed E-state index contributed by atoms with van der Waals surface area (Å²) in [7, 11) is 1.56. The molecule has 0 saturated carbocycles. The van der Waals surface area contributed by atoms with Crippen molar-refractivity contribution in [2.75, 3.05) is 7.11 Å². The summed E-state index contributed by atoms with van der Waals surface area (Å²) >= 11 is 0. The van der Waals surface area contributed by atoms with Crippen LogP contribution >= 0.6 is 0 Å². The van der Waals surface area contributed by atoms with Gasteiger partial charge in [0.15, 0.2) is 11.8 Å². The lowest BCUT2D eigenvalue weighted by Crippen LogP contribution is -2.24. The molecule has 164 valence electrons. The number of hydrogen-bond donors (Lipinski definition) is 0. The zero-order valence-corrected chi connectivity index (χ0v) is 18.6. The van der Waals surface area contributed by atoms with Crippen LogP contribution in [0.2, 0.25) is 0 Å². The van der Waals surface area contributed by atoms with Gasteiger partial charge in [0.2, 0.25) is 5.78 Å². The van der Waals surface area contributed by atoms with Gasteiger partial charge in [-0.25, -0.2) is 9.50 Å². The number of hydrogen-bond acceptors (Lipinski definition) is 6. The van der Waals surface area contributed by atoms with Gasteiger partial charge in [0.05, 0.1) is 12.6 Å². The number of ether oxygens (including phenoxy) is 2. The number of nitrogens with zero attached hydrogens (tertiary/aromatic N) is 3. The minimum atomic E-state index is -0.866. The number of ketones is 1. The highest BCUT2D eigenvalue weighted by Crippen LogP contribution is 2.23. The number of carbonyl (C=O) groups excluding carboxylic acids is 2. The van der Waals surface area contributed by atoms with Gasteiger partial charge in [-0.1, -0.05) is 12.1 Å². The molecule has 0 fully saturated rings. The van der Waals surface area contributed by atoms with Gasteiger partial charge in [-0.2, -0.15) is 5.10 Å². The molecule has 0 saturated heterocycles. The maximum Gasteiger partial charge on any atom is 0.306 e. The maximum atomic E-state index is 12.6. The van der Waals surface area contributed by atoms with E-state index >= 15 is 0 Å². The largest absolute Gasteiger partial charge is 0.497 e. The molecule has 7 nitrogen and oxygen atoms in total. The molecule has 1 atom stereocenters. The summed E-state index contributed by atoms with van der Waals surface area (Å²) in [6, 6.07) is 14.6. The second-order valence-electron chi connectivity index (χ2n) is 7.74. The van der Waals surface area contributed by atoms with E-state index in [0.29, 0.717) is 17.7 Å². The molecule has 4 aromatic rings. The van der Waals surface area contributed by atoms with Crippen molar-refractivity contribution in [3.63, 3.8) is 0 Å². The van der Waals surface area contributed by atoms with E-state index in [2.05, 4.69) is 5.10 Å². The van der Waals surface area contributed by atoms with E-state index in [-0.39, 0.29) is 12.2 Å². The van der Waals surface area contributed by atoms with Crippen molar-refractivity contribution in [1.82, 2.24) is 14.6 Å². The molecule has 7 heteroatoms. The third-order valence-electron chi connectivity index (χ3n) is 5.65. The molecule has 0 amide bonds. The highest BCUT2D eigenvalue weighted by molar-refractivity contribution is 6.00. The van der Waals surface area contributed by atoms with E-state index in [1.807, 2.05) is 42.6 Å². The number of aromatic nitrogens is 3. The van der Waals surface area contributed by atoms with Crippen molar-refractivity contribution in [3.05, 3.63) is 71.0 Å². The van der Waals surface area contributed by atoms with Gasteiger partial charge in [0.1, 0.15) is 5.75 Å². The van der Waals surface area contributed by atoms with Gasteiger partial charge >= 0.3 is 5.97 Å². The molecule has 32 heavy (non-hydrogen) atoms. The fraction of sp³-hybridized carbons (Fsp3) is 0.280. The van der Waals surface area contributed by atoms with Crippen molar-refractivity contribution in [2.24, 2.45) is 0 Å². The van der Waals surface area contributed by atoms with Crippen molar-refractivity contribution in [2.45, 2.75) is 39.7 Å². The van der Waals surface area contributed by atoms with Crippen LogP contribution in [0.25, 0.3) is 16.6 Å². The summed E-state index contributed by atoms with van der Waals surface area (Å²) in [5, 5.41) is 5.64. The summed E-state index contributed by atoms with van der Waals surface area (Å²) in [5.74, 6) is -0.0174. The van der Waals surface area contributed by atoms with Crippen LogP contribution in [0.5, 0.6) is 5.75 Å². The van der Waals surface area contributed by atoms with E-state index in [1.165, 1.54) is 0 Å². The Bertz CT molecular complexity index is 1310. The lowest BCUT2D eigenvalue weighted by Gasteiger charge is -2.14. The number of carbonyl (C=O) groups is 2. The van der Waals surface area contributed by atoms with Crippen LogP contribution in [-0.4, -0.2) is 39.6 Å². The topological polar surface area (TPSA) is 82.8 Å². The highest BCUT2D eigenvalue weighted by atomic mass is 16.5. The van der Waals surface area contributed by atoms with Crippen molar-refractivity contribution < 1.29 is 19.1 Å². The third-order valence-corrected chi connectivity index (χ3v) is 5.65. The molecule has 2 aromatic carbocycles. The Balaban J connectivity index is 1.45. The average molecular weight is 431 g/mol. The van der Waals surface area contributed by atoms with E-state index in [1.54, 1.807) is 38.3 Å².